The van der Waals surface area contributed by atoms with Crippen LogP contribution in [0.3, 0.4) is 0 Å². The van der Waals surface area contributed by atoms with Gasteiger partial charge in [-0.15, -0.1) is 0 Å². The van der Waals surface area contributed by atoms with Crippen molar-refractivity contribution in [3.63, 3.8) is 0 Å². The van der Waals surface area contributed by atoms with Gasteiger partial charge in [-0.05, 0) is 79.5 Å². The predicted molar refractivity (Wildman–Crippen MR) is 155 cm³/mol. The number of allylic oxidation sites excluding steroid dienone is 5. The molecule has 0 saturated carbocycles. The minimum absolute atomic E-state index is 0.154. The van der Waals surface area contributed by atoms with Crippen LogP contribution in [-0.4, -0.2) is 23.9 Å². The monoisotopic (exact) mass is 513 g/mol. The Labute approximate surface area is 227 Å². The van der Waals surface area contributed by atoms with E-state index >= 15 is 0 Å². The third-order valence-electron chi connectivity index (χ3n) is 7.50. The van der Waals surface area contributed by atoms with Gasteiger partial charge in [0.2, 0.25) is 0 Å². The molecule has 2 aliphatic rings. The molecule has 5 heteroatoms. The first-order valence-electron chi connectivity index (χ1n) is 13.9. The minimum Gasteiger partial charge on any atom is -0.371 e. The highest BCUT2D eigenvalue weighted by Gasteiger charge is 2.23. The fourth-order valence-corrected chi connectivity index (χ4v) is 5.11. The summed E-state index contributed by atoms with van der Waals surface area (Å²) in [5.41, 5.74) is 5.94. The quantitative estimate of drug-likeness (QED) is 0.348. The van der Waals surface area contributed by atoms with Crippen molar-refractivity contribution < 1.29 is 9.18 Å². The number of halogens is 1. The van der Waals surface area contributed by atoms with Crippen molar-refractivity contribution in [2.24, 2.45) is 0 Å². The first-order valence-corrected chi connectivity index (χ1v) is 13.9. The molecule has 200 valence electrons. The molecule has 0 radical (unpaired) electrons. The number of piperidine rings is 1. The van der Waals surface area contributed by atoms with Gasteiger partial charge in [0.05, 0.1) is 0 Å². The zero-order valence-corrected chi connectivity index (χ0v) is 22.9. The summed E-state index contributed by atoms with van der Waals surface area (Å²) in [5, 5.41) is 3.09. The van der Waals surface area contributed by atoms with E-state index in [0.717, 1.165) is 56.3 Å². The lowest BCUT2D eigenvalue weighted by atomic mass is 9.89. The molecule has 0 aromatic heterocycles. The summed E-state index contributed by atoms with van der Waals surface area (Å²) in [4.78, 5) is 17.7. The molecule has 4 nitrogen and oxygen atoms in total. The van der Waals surface area contributed by atoms with Gasteiger partial charge in [-0.2, -0.15) is 0 Å². The van der Waals surface area contributed by atoms with Crippen LogP contribution in [0.4, 0.5) is 10.1 Å². The summed E-state index contributed by atoms with van der Waals surface area (Å²) in [7, 11) is 0. The Balaban J connectivity index is 1.37. The average Bonchev–Trinajstić information content (AvgIpc) is 2.96. The zero-order chi connectivity index (χ0) is 26.9. The number of benzene rings is 2. The van der Waals surface area contributed by atoms with Crippen LogP contribution in [0.1, 0.15) is 69.9 Å². The lowest BCUT2D eigenvalue weighted by molar-refractivity contribution is -0.118. The van der Waals surface area contributed by atoms with Gasteiger partial charge in [0.1, 0.15) is 11.5 Å². The standard InChI is InChI=1S/C33H40FN3O/c1-4-6-12-31-23-29(34)19-22-37(31)32(25(3)5-2)33(38)35-24-26-13-15-30(16-14-26)36-20-17-28(18-21-36)27-10-8-7-9-11-27/h7-16,19,22-23,28H,4-6,17-18,20-21,24H2,1-3H3,(H,35,38)/b31-12+,32-25+. The van der Waals surface area contributed by atoms with Gasteiger partial charge in [0.15, 0.2) is 0 Å². The smallest absolute Gasteiger partial charge is 0.268 e. The van der Waals surface area contributed by atoms with Gasteiger partial charge in [0, 0.05) is 37.2 Å². The molecular formula is C33H40FN3O. The molecule has 4 rings (SSSR count). The number of hydrogen-bond acceptors (Lipinski definition) is 3. The first-order chi connectivity index (χ1) is 18.5. The van der Waals surface area contributed by atoms with E-state index in [2.05, 4.69) is 71.7 Å². The van der Waals surface area contributed by atoms with Crippen LogP contribution >= 0.6 is 0 Å². The number of carbonyl (C=O) groups is 1. The lowest BCUT2D eigenvalue weighted by Gasteiger charge is -2.34. The summed E-state index contributed by atoms with van der Waals surface area (Å²) in [5.74, 6) is 0.177. The molecule has 0 atom stereocenters. The first kappa shape index (κ1) is 27.4. The summed E-state index contributed by atoms with van der Waals surface area (Å²) in [6, 6.07) is 19.3. The van der Waals surface area contributed by atoms with Crippen LogP contribution in [0.5, 0.6) is 0 Å². The molecule has 1 amide bonds. The summed E-state index contributed by atoms with van der Waals surface area (Å²) in [6.07, 6.45) is 11.4. The highest BCUT2D eigenvalue weighted by Crippen LogP contribution is 2.31. The van der Waals surface area contributed by atoms with Crippen molar-refractivity contribution in [2.75, 3.05) is 18.0 Å². The Hall–Kier alpha value is -3.60. The second kappa shape index (κ2) is 13.3. The molecule has 38 heavy (non-hydrogen) atoms. The molecule has 0 aliphatic carbocycles. The fourth-order valence-electron chi connectivity index (χ4n) is 5.11. The van der Waals surface area contributed by atoms with E-state index < -0.39 is 0 Å². The molecule has 1 saturated heterocycles. The SMILES string of the molecule is CCC/C=C1\C=C(F)C=CN1/C(C(=O)NCc1ccc(N2CCC(c3ccccc3)CC2)cc1)=C(\C)CC. The highest BCUT2D eigenvalue weighted by atomic mass is 19.1. The zero-order valence-electron chi connectivity index (χ0n) is 22.9. The molecule has 2 heterocycles. The van der Waals surface area contributed by atoms with E-state index in [9.17, 15) is 9.18 Å². The molecular weight excluding hydrogens is 473 g/mol. The van der Waals surface area contributed by atoms with Crippen molar-refractivity contribution in [3.8, 4) is 0 Å². The topological polar surface area (TPSA) is 35.6 Å². The summed E-state index contributed by atoms with van der Waals surface area (Å²) >= 11 is 0. The van der Waals surface area contributed by atoms with Gasteiger partial charge in [-0.3, -0.25) is 4.79 Å². The Bertz CT molecular complexity index is 1200. The lowest BCUT2D eigenvalue weighted by Crippen LogP contribution is -2.33. The number of carbonyl (C=O) groups excluding carboxylic acids is 1. The normalized spacial score (nSPS) is 17.9. The second-order valence-electron chi connectivity index (χ2n) is 10.1. The van der Waals surface area contributed by atoms with Gasteiger partial charge < -0.3 is 15.1 Å². The van der Waals surface area contributed by atoms with Gasteiger partial charge in [-0.1, -0.05) is 68.8 Å². The van der Waals surface area contributed by atoms with E-state index in [1.54, 1.807) is 6.20 Å². The molecule has 0 unspecified atom stereocenters. The third kappa shape index (κ3) is 6.83. The predicted octanol–water partition coefficient (Wildman–Crippen LogP) is 7.74. The molecule has 2 aromatic carbocycles. The van der Waals surface area contributed by atoms with Crippen LogP contribution in [0.25, 0.3) is 0 Å². The van der Waals surface area contributed by atoms with Crippen LogP contribution in [0.2, 0.25) is 0 Å². The molecule has 1 fully saturated rings. The summed E-state index contributed by atoms with van der Waals surface area (Å²) in [6.45, 7) is 8.61. The highest BCUT2D eigenvalue weighted by molar-refractivity contribution is 5.94. The number of anilines is 1. The van der Waals surface area contributed by atoms with Crippen molar-refractivity contribution in [1.29, 1.82) is 0 Å². The maximum atomic E-state index is 14.0. The van der Waals surface area contributed by atoms with Gasteiger partial charge >= 0.3 is 0 Å². The van der Waals surface area contributed by atoms with Crippen LogP contribution in [-0.2, 0) is 11.3 Å². The van der Waals surface area contributed by atoms with Crippen molar-refractivity contribution in [1.82, 2.24) is 10.2 Å². The van der Waals surface area contributed by atoms with E-state index in [1.165, 1.54) is 23.4 Å². The van der Waals surface area contributed by atoms with E-state index in [1.807, 2.05) is 24.8 Å². The molecule has 2 aromatic rings. The summed E-state index contributed by atoms with van der Waals surface area (Å²) < 4.78 is 14.0. The Morgan fingerprint density at radius 2 is 1.76 bits per heavy atom. The molecule has 1 N–H and O–H groups in total. The van der Waals surface area contributed by atoms with Gasteiger partial charge in [-0.25, -0.2) is 4.39 Å². The van der Waals surface area contributed by atoms with Crippen molar-refractivity contribution >= 4 is 11.6 Å². The van der Waals surface area contributed by atoms with Crippen LogP contribution in [0, 0.1) is 0 Å². The van der Waals surface area contributed by atoms with E-state index in [-0.39, 0.29) is 11.7 Å². The average molecular weight is 514 g/mol. The Morgan fingerprint density at radius 3 is 2.42 bits per heavy atom. The Morgan fingerprint density at radius 1 is 1.05 bits per heavy atom. The second-order valence-corrected chi connectivity index (χ2v) is 10.1. The molecule has 2 aliphatic heterocycles. The largest absolute Gasteiger partial charge is 0.371 e. The number of nitrogens with one attached hydrogen (secondary N) is 1. The maximum absolute atomic E-state index is 14.0. The van der Waals surface area contributed by atoms with Crippen LogP contribution < -0.4 is 10.2 Å². The van der Waals surface area contributed by atoms with Crippen LogP contribution in [0.15, 0.2) is 102 Å². The number of nitrogens with zero attached hydrogens (tertiary/aromatic N) is 2. The number of amides is 1. The van der Waals surface area contributed by atoms with E-state index in [4.69, 9.17) is 0 Å². The minimum atomic E-state index is -0.304. The fraction of sp³-hybridized carbons (Fsp3) is 0.364. The molecule has 0 bridgehead atoms. The molecule has 0 spiro atoms. The number of rotatable bonds is 9. The van der Waals surface area contributed by atoms with E-state index in [0.29, 0.717) is 23.9 Å². The maximum Gasteiger partial charge on any atom is 0.268 e. The van der Waals surface area contributed by atoms with Gasteiger partial charge in [0.25, 0.3) is 5.91 Å². The number of hydrogen-bond donors (Lipinski definition) is 1. The Kier molecular flexibility index (Phi) is 9.58. The van der Waals surface area contributed by atoms with Crippen molar-refractivity contribution in [2.45, 2.75) is 65.3 Å². The number of unbranched alkanes of at least 4 members (excludes halogenated alkanes) is 1. The van der Waals surface area contributed by atoms with Crippen molar-refractivity contribution in [3.05, 3.63) is 113 Å². The third-order valence-corrected chi connectivity index (χ3v) is 7.50.